The van der Waals surface area contributed by atoms with Gasteiger partial charge in [-0.2, -0.15) is 0 Å². The maximum Gasteiger partial charge on any atom is 0.361 e. The molecule has 2 aromatic rings. The molecule has 0 bridgehead atoms. The topological polar surface area (TPSA) is 82.8 Å². The number of nitrogens with zero attached hydrogens (tertiary/aromatic N) is 5. The van der Waals surface area contributed by atoms with Crippen LogP contribution < -0.4 is 0 Å². The molecule has 0 fully saturated rings. The maximum absolute atomic E-state index is 11.7. The predicted molar refractivity (Wildman–Crippen MR) is 66.4 cm³/mol. The third kappa shape index (κ3) is 3.01. The second kappa shape index (κ2) is 5.85. The van der Waals surface area contributed by atoms with Crippen LogP contribution in [0.3, 0.4) is 0 Å². The van der Waals surface area contributed by atoms with E-state index < -0.39 is 5.97 Å². The fourth-order valence-electron chi connectivity index (χ4n) is 1.47. The lowest BCUT2D eigenvalue weighted by Gasteiger charge is -2.02. The highest BCUT2D eigenvalue weighted by molar-refractivity contribution is 5.88. The summed E-state index contributed by atoms with van der Waals surface area (Å²) in [4.78, 5) is 19.8. The minimum Gasteiger partial charge on any atom is -0.457 e. The molecule has 0 saturated carbocycles. The molecule has 2 rings (SSSR count). The molecule has 7 nitrogen and oxygen atoms in total. The number of aromatic nitrogens is 5. The highest BCUT2D eigenvalue weighted by Crippen LogP contribution is 2.07. The number of carbonyl (C=O) groups is 1. The number of hydrogen-bond donors (Lipinski definition) is 0. The number of carbonyl (C=O) groups excluding carboxylic acids is 1. The first-order valence-corrected chi connectivity index (χ1v) is 5.65. The molecule has 0 aliphatic carbocycles. The minimum atomic E-state index is -0.511. The zero-order valence-corrected chi connectivity index (χ0v) is 10.5. The molecule has 19 heavy (non-hydrogen) atoms. The number of esters is 1. The van der Waals surface area contributed by atoms with Gasteiger partial charge in [0.1, 0.15) is 6.61 Å². The van der Waals surface area contributed by atoms with Crippen LogP contribution in [-0.2, 0) is 11.3 Å². The minimum absolute atomic E-state index is 0.148. The van der Waals surface area contributed by atoms with Crippen molar-refractivity contribution in [1.82, 2.24) is 25.0 Å². The zero-order chi connectivity index (χ0) is 13.7. The molecule has 0 aliphatic heterocycles. The van der Waals surface area contributed by atoms with Gasteiger partial charge in [-0.15, -0.1) is 5.10 Å². The summed E-state index contributed by atoms with van der Waals surface area (Å²) in [6.07, 6.45) is 6.32. The predicted octanol–water partition coefficient (Wildman–Crippen LogP) is 0.768. The van der Waals surface area contributed by atoms with Gasteiger partial charge in [0.05, 0.1) is 24.1 Å². The summed E-state index contributed by atoms with van der Waals surface area (Å²) in [5, 5.41) is 7.73. The van der Waals surface area contributed by atoms with Crippen LogP contribution in [0.4, 0.5) is 0 Å². The second-order valence-electron chi connectivity index (χ2n) is 3.76. The van der Waals surface area contributed by atoms with E-state index >= 15 is 0 Å². The Morgan fingerprint density at radius 1 is 1.53 bits per heavy atom. The van der Waals surface area contributed by atoms with Crippen LogP contribution in [0.5, 0.6) is 0 Å². The highest BCUT2D eigenvalue weighted by atomic mass is 16.5. The highest BCUT2D eigenvalue weighted by Gasteiger charge is 2.17. The standard InChI is InChI=1S/C12H13N5O2/c1-3-6-19-12(18)11-9(2)17(16-15-11)8-10-7-13-4-5-14-10/h3-5,7H,1,6,8H2,2H3. The van der Waals surface area contributed by atoms with Gasteiger partial charge in [0.25, 0.3) is 0 Å². The van der Waals surface area contributed by atoms with E-state index in [0.29, 0.717) is 12.2 Å². The third-order valence-electron chi connectivity index (χ3n) is 2.44. The molecular weight excluding hydrogens is 246 g/mol. The third-order valence-corrected chi connectivity index (χ3v) is 2.44. The molecule has 0 aromatic carbocycles. The monoisotopic (exact) mass is 259 g/mol. The summed E-state index contributed by atoms with van der Waals surface area (Å²) in [5.74, 6) is -0.511. The Morgan fingerprint density at radius 3 is 3.05 bits per heavy atom. The van der Waals surface area contributed by atoms with E-state index in [9.17, 15) is 4.79 Å². The molecule has 0 aliphatic rings. The van der Waals surface area contributed by atoms with E-state index in [-0.39, 0.29) is 12.3 Å². The van der Waals surface area contributed by atoms with E-state index in [1.54, 1.807) is 30.2 Å². The van der Waals surface area contributed by atoms with E-state index in [1.165, 1.54) is 6.08 Å². The molecule has 0 saturated heterocycles. The largest absolute Gasteiger partial charge is 0.457 e. The summed E-state index contributed by atoms with van der Waals surface area (Å²) in [6.45, 7) is 5.78. The zero-order valence-electron chi connectivity index (χ0n) is 10.5. The van der Waals surface area contributed by atoms with Crippen LogP contribution in [-0.4, -0.2) is 37.5 Å². The van der Waals surface area contributed by atoms with Gasteiger partial charge in [0.2, 0.25) is 0 Å². The van der Waals surface area contributed by atoms with Crippen molar-refractivity contribution in [2.75, 3.05) is 6.61 Å². The summed E-state index contributed by atoms with van der Waals surface area (Å²) in [5.41, 5.74) is 1.56. The average Bonchev–Trinajstić information content (AvgIpc) is 2.79. The molecule has 0 radical (unpaired) electrons. The van der Waals surface area contributed by atoms with Gasteiger partial charge in [-0.25, -0.2) is 9.48 Å². The molecule has 0 amide bonds. The lowest BCUT2D eigenvalue weighted by atomic mass is 10.3. The van der Waals surface area contributed by atoms with Crippen molar-refractivity contribution in [1.29, 1.82) is 0 Å². The first kappa shape index (κ1) is 12.9. The van der Waals surface area contributed by atoms with Gasteiger partial charge in [-0.05, 0) is 6.92 Å². The van der Waals surface area contributed by atoms with Gasteiger partial charge in [0.15, 0.2) is 5.69 Å². The Kier molecular flexibility index (Phi) is 3.97. The Morgan fingerprint density at radius 2 is 2.37 bits per heavy atom. The van der Waals surface area contributed by atoms with E-state index in [1.807, 2.05) is 0 Å². The van der Waals surface area contributed by atoms with E-state index in [4.69, 9.17) is 4.74 Å². The van der Waals surface area contributed by atoms with Gasteiger partial charge in [0, 0.05) is 12.4 Å². The summed E-state index contributed by atoms with van der Waals surface area (Å²) >= 11 is 0. The lowest BCUT2D eigenvalue weighted by Crippen LogP contribution is -2.09. The Bertz CT molecular complexity index is 579. The Hall–Kier alpha value is -2.57. The van der Waals surface area contributed by atoms with Gasteiger partial charge in [-0.3, -0.25) is 9.97 Å². The van der Waals surface area contributed by atoms with Crippen molar-refractivity contribution in [3.63, 3.8) is 0 Å². The molecule has 2 heterocycles. The van der Waals surface area contributed by atoms with Crippen LogP contribution in [0.25, 0.3) is 0 Å². The van der Waals surface area contributed by atoms with E-state index in [0.717, 1.165) is 5.69 Å². The molecule has 0 atom stereocenters. The van der Waals surface area contributed by atoms with Crippen molar-refractivity contribution in [3.8, 4) is 0 Å². The van der Waals surface area contributed by atoms with Crippen molar-refractivity contribution in [3.05, 3.63) is 48.3 Å². The first-order chi connectivity index (χ1) is 9.22. The summed E-state index contributed by atoms with van der Waals surface area (Å²) < 4.78 is 6.50. The molecule has 7 heteroatoms. The molecule has 2 aromatic heterocycles. The second-order valence-corrected chi connectivity index (χ2v) is 3.76. The van der Waals surface area contributed by atoms with Gasteiger partial charge in [-0.1, -0.05) is 17.9 Å². The molecular formula is C12H13N5O2. The molecule has 0 N–H and O–H groups in total. The SMILES string of the molecule is C=CCOC(=O)c1nnn(Cc2cnccn2)c1C. The number of hydrogen-bond acceptors (Lipinski definition) is 6. The van der Waals surface area contributed by atoms with E-state index in [2.05, 4.69) is 26.9 Å². The van der Waals surface area contributed by atoms with Crippen LogP contribution in [0.15, 0.2) is 31.2 Å². The fourth-order valence-corrected chi connectivity index (χ4v) is 1.47. The summed E-state index contributed by atoms with van der Waals surface area (Å²) in [7, 11) is 0. The first-order valence-electron chi connectivity index (χ1n) is 5.65. The summed E-state index contributed by atoms with van der Waals surface area (Å²) in [6, 6.07) is 0. The van der Waals surface area contributed by atoms with Crippen molar-refractivity contribution >= 4 is 5.97 Å². The normalized spacial score (nSPS) is 10.2. The van der Waals surface area contributed by atoms with Crippen molar-refractivity contribution in [2.45, 2.75) is 13.5 Å². The van der Waals surface area contributed by atoms with Crippen LogP contribution in [0.1, 0.15) is 21.9 Å². The van der Waals surface area contributed by atoms with Gasteiger partial charge < -0.3 is 4.74 Å². The Labute approximate surface area is 109 Å². The quantitative estimate of drug-likeness (QED) is 0.582. The Balaban J connectivity index is 2.14. The number of rotatable bonds is 5. The molecule has 0 spiro atoms. The van der Waals surface area contributed by atoms with Crippen LogP contribution in [0, 0.1) is 6.92 Å². The lowest BCUT2D eigenvalue weighted by molar-refractivity contribution is 0.0542. The smallest absolute Gasteiger partial charge is 0.361 e. The average molecular weight is 259 g/mol. The number of ether oxygens (including phenoxy) is 1. The van der Waals surface area contributed by atoms with Crippen LogP contribution in [0.2, 0.25) is 0 Å². The van der Waals surface area contributed by atoms with Crippen molar-refractivity contribution in [2.24, 2.45) is 0 Å². The fraction of sp³-hybridized carbons (Fsp3) is 0.250. The maximum atomic E-state index is 11.7. The molecule has 98 valence electrons. The molecule has 0 unspecified atom stereocenters. The van der Waals surface area contributed by atoms with Crippen LogP contribution >= 0.6 is 0 Å². The van der Waals surface area contributed by atoms with Crippen molar-refractivity contribution < 1.29 is 9.53 Å². The van der Waals surface area contributed by atoms with Gasteiger partial charge >= 0.3 is 5.97 Å².